The predicted molar refractivity (Wildman–Crippen MR) is 95.0 cm³/mol. The minimum atomic E-state index is -3.84. The number of carbonyl (C=O) groups excluding carboxylic acids is 1. The second kappa shape index (κ2) is 7.61. The lowest BCUT2D eigenvalue weighted by atomic mass is 10.2. The predicted octanol–water partition coefficient (Wildman–Crippen LogP) is 1.47. The third-order valence-electron chi connectivity index (χ3n) is 4.52. The summed E-state index contributed by atoms with van der Waals surface area (Å²) < 4.78 is 38.8. The summed E-state index contributed by atoms with van der Waals surface area (Å²) in [5.74, 6) is 0.131. The molecule has 2 heterocycles. The van der Waals surface area contributed by atoms with E-state index in [1.54, 1.807) is 17.0 Å². The van der Waals surface area contributed by atoms with Gasteiger partial charge in [0.05, 0.1) is 20.3 Å². The molecule has 1 aromatic carbocycles. The molecule has 2 fully saturated rings. The van der Waals surface area contributed by atoms with Crippen molar-refractivity contribution in [1.82, 2.24) is 9.21 Å². The first-order valence-electron chi connectivity index (χ1n) is 8.17. The topological polar surface area (TPSA) is 76.2 Å². The molecule has 1 amide bonds. The Morgan fingerprint density at radius 3 is 2.68 bits per heavy atom. The minimum Gasteiger partial charge on any atom is -0.495 e. The Balaban J connectivity index is 1.91. The van der Waals surface area contributed by atoms with Crippen molar-refractivity contribution in [2.45, 2.75) is 23.8 Å². The maximum absolute atomic E-state index is 13.2. The van der Waals surface area contributed by atoms with Crippen LogP contribution in [0, 0.1) is 0 Å². The lowest BCUT2D eigenvalue weighted by Gasteiger charge is -2.32. The van der Waals surface area contributed by atoms with Gasteiger partial charge in [-0.2, -0.15) is 4.31 Å². The van der Waals surface area contributed by atoms with Crippen molar-refractivity contribution >= 4 is 31.9 Å². The third kappa shape index (κ3) is 3.69. The molecule has 7 nitrogen and oxygen atoms in total. The molecule has 25 heavy (non-hydrogen) atoms. The van der Waals surface area contributed by atoms with E-state index in [9.17, 15) is 13.2 Å². The molecule has 2 saturated heterocycles. The number of nitrogens with zero attached hydrogens (tertiary/aromatic N) is 2. The molecule has 0 aromatic heterocycles. The van der Waals surface area contributed by atoms with E-state index in [4.69, 9.17) is 9.47 Å². The Bertz CT molecular complexity index is 749. The number of hydrogen-bond acceptors (Lipinski definition) is 5. The van der Waals surface area contributed by atoms with E-state index in [-0.39, 0.29) is 16.6 Å². The van der Waals surface area contributed by atoms with Gasteiger partial charge in [-0.3, -0.25) is 4.79 Å². The summed E-state index contributed by atoms with van der Waals surface area (Å²) in [6.07, 6.45) is 1.20. The van der Waals surface area contributed by atoms with Gasteiger partial charge < -0.3 is 14.4 Å². The van der Waals surface area contributed by atoms with Crippen LogP contribution in [0.1, 0.15) is 12.8 Å². The van der Waals surface area contributed by atoms with E-state index in [1.165, 1.54) is 17.5 Å². The maximum Gasteiger partial charge on any atom is 0.247 e. The lowest BCUT2D eigenvalue weighted by Crippen LogP contribution is -2.51. The van der Waals surface area contributed by atoms with Crippen LogP contribution in [-0.2, 0) is 19.6 Å². The van der Waals surface area contributed by atoms with Crippen LogP contribution in [0.25, 0.3) is 0 Å². The monoisotopic (exact) mass is 432 g/mol. The molecule has 0 unspecified atom stereocenters. The lowest BCUT2D eigenvalue weighted by molar-refractivity contribution is -0.138. The number of rotatable bonds is 4. The zero-order chi connectivity index (χ0) is 18.0. The highest BCUT2D eigenvalue weighted by molar-refractivity contribution is 9.10. The van der Waals surface area contributed by atoms with Crippen molar-refractivity contribution in [2.24, 2.45) is 0 Å². The van der Waals surface area contributed by atoms with Crippen LogP contribution < -0.4 is 4.74 Å². The van der Waals surface area contributed by atoms with Crippen LogP contribution in [-0.4, -0.2) is 69.5 Å². The standard InChI is InChI=1S/C16H21BrN2O5S/c1-23-14-5-4-12(17)11-15(14)25(21,22)19-6-2-3-13(19)16(20)18-7-9-24-10-8-18/h4-5,11,13H,2-3,6-10H2,1H3/t13-/m0/s1. The van der Waals surface area contributed by atoms with Gasteiger partial charge in [-0.1, -0.05) is 15.9 Å². The van der Waals surface area contributed by atoms with Crippen molar-refractivity contribution in [2.75, 3.05) is 40.0 Å². The van der Waals surface area contributed by atoms with E-state index in [0.29, 0.717) is 50.2 Å². The first kappa shape index (κ1) is 18.6. The zero-order valence-electron chi connectivity index (χ0n) is 14.0. The summed E-state index contributed by atoms with van der Waals surface area (Å²) in [7, 11) is -2.40. The van der Waals surface area contributed by atoms with Gasteiger partial charge in [0.25, 0.3) is 0 Å². The molecule has 3 rings (SSSR count). The average molecular weight is 433 g/mol. The van der Waals surface area contributed by atoms with Crippen molar-refractivity contribution in [1.29, 1.82) is 0 Å². The van der Waals surface area contributed by atoms with Crippen LogP contribution in [0.5, 0.6) is 5.75 Å². The van der Waals surface area contributed by atoms with Gasteiger partial charge in [-0.05, 0) is 31.0 Å². The second-order valence-electron chi connectivity index (χ2n) is 6.01. The van der Waals surface area contributed by atoms with E-state index in [1.807, 2.05) is 0 Å². The number of benzene rings is 1. The number of carbonyl (C=O) groups is 1. The second-order valence-corrected chi connectivity index (χ2v) is 8.78. The van der Waals surface area contributed by atoms with E-state index in [0.717, 1.165) is 0 Å². The molecule has 2 aliphatic heterocycles. The number of sulfonamides is 1. The van der Waals surface area contributed by atoms with Gasteiger partial charge >= 0.3 is 0 Å². The highest BCUT2D eigenvalue weighted by atomic mass is 79.9. The Kier molecular flexibility index (Phi) is 5.67. The Labute approximate surface area is 156 Å². The molecule has 0 spiro atoms. The third-order valence-corrected chi connectivity index (χ3v) is 6.95. The zero-order valence-corrected chi connectivity index (χ0v) is 16.4. The normalized spacial score (nSPS) is 22.2. The average Bonchev–Trinajstić information content (AvgIpc) is 3.12. The smallest absolute Gasteiger partial charge is 0.247 e. The number of amides is 1. The summed E-state index contributed by atoms with van der Waals surface area (Å²) in [5.41, 5.74) is 0. The summed E-state index contributed by atoms with van der Waals surface area (Å²) in [6, 6.07) is 4.18. The molecule has 0 radical (unpaired) electrons. The van der Waals surface area contributed by atoms with Crippen LogP contribution in [0.4, 0.5) is 0 Å². The van der Waals surface area contributed by atoms with Gasteiger partial charge in [0.15, 0.2) is 0 Å². The maximum atomic E-state index is 13.2. The van der Waals surface area contributed by atoms with Crippen molar-refractivity contribution in [3.8, 4) is 5.75 Å². The summed E-state index contributed by atoms with van der Waals surface area (Å²) >= 11 is 3.31. The van der Waals surface area contributed by atoms with Gasteiger partial charge in [0.1, 0.15) is 16.7 Å². The number of hydrogen-bond donors (Lipinski definition) is 0. The SMILES string of the molecule is COc1ccc(Br)cc1S(=O)(=O)N1CCC[C@H]1C(=O)N1CCOCC1. The summed E-state index contributed by atoms with van der Waals surface area (Å²) in [5, 5.41) is 0. The number of ether oxygens (including phenoxy) is 2. The highest BCUT2D eigenvalue weighted by Gasteiger charge is 2.42. The molecule has 1 atom stereocenters. The van der Waals surface area contributed by atoms with Crippen LogP contribution in [0.15, 0.2) is 27.6 Å². The Morgan fingerprint density at radius 1 is 1.28 bits per heavy atom. The van der Waals surface area contributed by atoms with Crippen molar-refractivity contribution in [3.63, 3.8) is 0 Å². The fourth-order valence-electron chi connectivity index (χ4n) is 3.25. The number of halogens is 1. The number of morpholine rings is 1. The molecule has 0 bridgehead atoms. The highest BCUT2D eigenvalue weighted by Crippen LogP contribution is 2.34. The molecular formula is C16H21BrN2O5S. The van der Waals surface area contributed by atoms with Gasteiger partial charge in [-0.25, -0.2) is 8.42 Å². The van der Waals surface area contributed by atoms with Gasteiger partial charge in [0.2, 0.25) is 15.9 Å². The van der Waals surface area contributed by atoms with Gasteiger partial charge in [-0.15, -0.1) is 0 Å². The molecule has 9 heteroatoms. The molecule has 0 N–H and O–H groups in total. The minimum absolute atomic E-state index is 0.0750. The quantitative estimate of drug-likeness (QED) is 0.719. The van der Waals surface area contributed by atoms with Gasteiger partial charge in [0, 0.05) is 24.1 Å². The Hall–Kier alpha value is -1.16. The molecule has 138 valence electrons. The van der Waals surface area contributed by atoms with Crippen LogP contribution in [0.2, 0.25) is 0 Å². The van der Waals surface area contributed by atoms with E-state index < -0.39 is 16.1 Å². The van der Waals surface area contributed by atoms with E-state index >= 15 is 0 Å². The molecule has 2 aliphatic rings. The summed E-state index contributed by atoms with van der Waals surface area (Å²) in [6.45, 7) is 2.32. The fourth-order valence-corrected chi connectivity index (χ4v) is 5.59. The largest absolute Gasteiger partial charge is 0.495 e. The fraction of sp³-hybridized carbons (Fsp3) is 0.562. The molecule has 0 saturated carbocycles. The molecule has 1 aromatic rings. The molecular weight excluding hydrogens is 412 g/mol. The summed E-state index contributed by atoms with van der Waals surface area (Å²) in [4.78, 5) is 14.6. The Morgan fingerprint density at radius 2 is 2.00 bits per heavy atom. The van der Waals surface area contributed by atoms with E-state index in [2.05, 4.69) is 15.9 Å². The first-order chi connectivity index (χ1) is 11.9. The van der Waals surface area contributed by atoms with Crippen LogP contribution >= 0.6 is 15.9 Å². The first-order valence-corrected chi connectivity index (χ1v) is 10.4. The van der Waals surface area contributed by atoms with Crippen molar-refractivity contribution in [3.05, 3.63) is 22.7 Å². The molecule has 0 aliphatic carbocycles. The number of methoxy groups -OCH3 is 1. The van der Waals surface area contributed by atoms with Crippen molar-refractivity contribution < 1.29 is 22.7 Å². The van der Waals surface area contributed by atoms with Crippen LogP contribution in [0.3, 0.4) is 0 Å².